The van der Waals surface area contributed by atoms with E-state index in [4.69, 9.17) is 21.1 Å². The minimum Gasteiger partial charge on any atom is -0.495 e. The van der Waals surface area contributed by atoms with Crippen molar-refractivity contribution in [1.29, 1.82) is 0 Å². The molecular formula is C16H15ClFNO3. The second-order valence-corrected chi connectivity index (χ2v) is 4.91. The molecule has 22 heavy (non-hydrogen) atoms. The van der Waals surface area contributed by atoms with Crippen LogP contribution in [0.15, 0.2) is 36.4 Å². The third kappa shape index (κ3) is 3.68. The summed E-state index contributed by atoms with van der Waals surface area (Å²) in [5.74, 6) is 0.0161. The van der Waals surface area contributed by atoms with Gasteiger partial charge in [0.1, 0.15) is 17.3 Å². The maximum Gasteiger partial charge on any atom is 0.229 e. The van der Waals surface area contributed by atoms with Gasteiger partial charge in [-0.2, -0.15) is 0 Å². The van der Waals surface area contributed by atoms with Crippen molar-refractivity contribution in [2.75, 3.05) is 19.5 Å². The SMILES string of the molecule is COc1cc(NC(=O)Cc2ccccc2F)c(OC)cc1Cl. The quantitative estimate of drug-likeness (QED) is 0.913. The highest BCUT2D eigenvalue weighted by Gasteiger charge is 2.14. The summed E-state index contributed by atoms with van der Waals surface area (Å²) in [6, 6.07) is 9.23. The molecule has 0 aliphatic heterocycles. The summed E-state index contributed by atoms with van der Waals surface area (Å²) < 4.78 is 23.8. The zero-order chi connectivity index (χ0) is 16.1. The number of halogens is 2. The molecule has 1 amide bonds. The summed E-state index contributed by atoms with van der Waals surface area (Å²) >= 11 is 6.00. The summed E-state index contributed by atoms with van der Waals surface area (Å²) in [4.78, 5) is 12.1. The molecule has 0 saturated heterocycles. The van der Waals surface area contributed by atoms with E-state index in [0.29, 0.717) is 27.8 Å². The Balaban J connectivity index is 2.19. The standard InChI is InChI=1S/C16H15ClFNO3/c1-21-14-9-13(15(22-2)8-11(14)17)19-16(20)7-10-5-3-4-6-12(10)18/h3-6,8-9H,7H2,1-2H3,(H,19,20). The molecule has 4 nitrogen and oxygen atoms in total. The van der Waals surface area contributed by atoms with Crippen LogP contribution in [0.5, 0.6) is 11.5 Å². The van der Waals surface area contributed by atoms with Crippen LogP contribution >= 0.6 is 11.6 Å². The average molecular weight is 324 g/mol. The van der Waals surface area contributed by atoms with E-state index >= 15 is 0 Å². The first kappa shape index (κ1) is 16.1. The maximum atomic E-state index is 13.6. The molecule has 0 aliphatic carbocycles. The zero-order valence-electron chi connectivity index (χ0n) is 12.2. The second kappa shape index (κ2) is 7.13. The van der Waals surface area contributed by atoms with Crippen molar-refractivity contribution in [2.45, 2.75) is 6.42 Å². The van der Waals surface area contributed by atoms with Crippen LogP contribution in [-0.2, 0) is 11.2 Å². The fourth-order valence-corrected chi connectivity index (χ4v) is 2.20. The summed E-state index contributed by atoms with van der Waals surface area (Å²) in [5, 5.41) is 3.04. The van der Waals surface area contributed by atoms with Gasteiger partial charge in [0.25, 0.3) is 0 Å². The van der Waals surface area contributed by atoms with Crippen LogP contribution in [0.25, 0.3) is 0 Å². The summed E-state index contributed by atoms with van der Waals surface area (Å²) in [5.41, 5.74) is 0.727. The van der Waals surface area contributed by atoms with E-state index in [1.54, 1.807) is 30.3 Å². The van der Waals surface area contributed by atoms with Crippen molar-refractivity contribution in [1.82, 2.24) is 0 Å². The highest BCUT2D eigenvalue weighted by molar-refractivity contribution is 6.32. The minimum atomic E-state index is -0.418. The molecule has 0 fully saturated rings. The van der Waals surface area contributed by atoms with Crippen molar-refractivity contribution in [3.63, 3.8) is 0 Å². The largest absolute Gasteiger partial charge is 0.495 e. The van der Waals surface area contributed by atoms with Gasteiger partial charge < -0.3 is 14.8 Å². The molecule has 1 N–H and O–H groups in total. The molecule has 2 rings (SSSR count). The van der Waals surface area contributed by atoms with Gasteiger partial charge in [-0.15, -0.1) is 0 Å². The number of benzene rings is 2. The molecule has 0 radical (unpaired) electrons. The number of amides is 1. The number of ether oxygens (including phenoxy) is 2. The molecule has 0 heterocycles. The predicted octanol–water partition coefficient (Wildman–Crippen LogP) is 3.68. The van der Waals surface area contributed by atoms with Gasteiger partial charge in [0.2, 0.25) is 5.91 Å². The molecule has 116 valence electrons. The fraction of sp³-hybridized carbons (Fsp3) is 0.188. The third-order valence-electron chi connectivity index (χ3n) is 3.06. The number of hydrogen-bond donors (Lipinski definition) is 1. The number of rotatable bonds is 5. The van der Waals surface area contributed by atoms with Crippen LogP contribution in [-0.4, -0.2) is 20.1 Å². The Bertz CT molecular complexity index is 691. The number of nitrogens with one attached hydrogen (secondary N) is 1. The van der Waals surface area contributed by atoms with Gasteiger partial charge in [-0.3, -0.25) is 4.79 Å². The molecule has 0 atom stereocenters. The first-order valence-electron chi connectivity index (χ1n) is 6.50. The lowest BCUT2D eigenvalue weighted by Crippen LogP contribution is -2.16. The lowest BCUT2D eigenvalue weighted by molar-refractivity contribution is -0.115. The molecule has 0 spiro atoms. The van der Waals surface area contributed by atoms with E-state index < -0.39 is 5.82 Å². The van der Waals surface area contributed by atoms with Crippen LogP contribution in [0.2, 0.25) is 5.02 Å². The topological polar surface area (TPSA) is 47.6 Å². The molecule has 0 aliphatic rings. The number of hydrogen-bond acceptors (Lipinski definition) is 3. The van der Waals surface area contributed by atoms with Crippen LogP contribution < -0.4 is 14.8 Å². The molecule has 0 aromatic heterocycles. The van der Waals surface area contributed by atoms with Crippen LogP contribution in [0.1, 0.15) is 5.56 Å². The Labute approximate surface area is 132 Å². The normalized spacial score (nSPS) is 10.2. The van der Waals surface area contributed by atoms with Crippen molar-refractivity contribution in [3.05, 3.63) is 52.8 Å². The summed E-state index contributed by atoms with van der Waals surface area (Å²) in [7, 11) is 2.93. The molecule has 2 aromatic carbocycles. The van der Waals surface area contributed by atoms with Gasteiger partial charge >= 0.3 is 0 Å². The molecule has 0 saturated carbocycles. The summed E-state index contributed by atoms with van der Waals surface area (Å²) in [6.45, 7) is 0. The fourth-order valence-electron chi connectivity index (χ4n) is 1.97. The van der Waals surface area contributed by atoms with E-state index in [0.717, 1.165) is 0 Å². The van der Waals surface area contributed by atoms with E-state index in [9.17, 15) is 9.18 Å². The maximum absolute atomic E-state index is 13.6. The van der Waals surface area contributed by atoms with Gasteiger partial charge in [0.05, 0.1) is 31.4 Å². The van der Waals surface area contributed by atoms with Gasteiger partial charge in [-0.1, -0.05) is 29.8 Å². The highest BCUT2D eigenvalue weighted by atomic mass is 35.5. The van der Waals surface area contributed by atoms with Crippen molar-refractivity contribution in [3.8, 4) is 11.5 Å². The lowest BCUT2D eigenvalue weighted by atomic mass is 10.1. The third-order valence-corrected chi connectivity index (χ3v) is 3.35. The van der Waals surface area contributed by atoms with E-state index in [1.165, 1.54) is 20.3 Å². The Morgan fingerprint density at radius 1 is 1.18 bits per heavy atom. The van der Waals surface area contributed by atoms with Gasteiger partial charge in [-0.05, 0) is 11.6 Å². The molecule has 0 bridgehead atoms. The molecule has 6 heteroatoms. The Morgan fingerprint density at radius 2 is 1.86 bits per heavy atom. The Morgan fingerprint density at radius 3 is 2.50 bits per heavy atom. The molecule has 0 unspecified atom stereocenters. The van der Waals surface area contributed by atoms with Crippen LogP contribution in [0, 0.1) is 5.82 Å². The minimum absolute atomic E-state index is 0.0826. The number of carbonyl (C=O) groups excluding carboxylic acids is 1. The number of carbonyl (C=O) groups is 1. The van der Waals surface area contributed by atoms with Gasteiger partial charge in [0, 0.05) is 12.1 Å². The van der Waals surface area contributed by atoms with Crippen molar-refractivity contribution in [2.24, 2.45) is 0 Å². The first-order chi connectivity index (χ1) is 10.5. The van der Waals surface area contributed by atoms with Crippen LogP contribution in [0.3, 0.4) is 0 Å². The smallest absolute Gasteiger partial charge is 0.229 e. The predicted molar refractivity (Wildman–Crippen MR) is 83.3 cm³/mol. The van der Waals surface area contributed by atoms with Crippen molar-refractivity contribution >= 4 is 23.2 Å². The second-order valence-electron chi connectivity index (χ2n) is 4.50. The van der Waals surface area contributed by atoms with E-state index in [2.05, 4.69) is 5.32 Å². The van der Waals surface area contributed by atoms with E-state index in [1.807, 2.05) is 0 Å². The Kier molecular flexibility index (Phi) is 5.22. The lowest BCUT2D eigenvalue weighted by Gasteiger charge is -2.13. The van der Waals surface area contributed by atoms with Crippen molar-refractivity contribution < 1.29 is 18.7 Å². The van der Waals surface area contributed by atoms with E-state index in [-0.39, 0.29) is 12.3 Å². The number of anilines is 1. The summed E-state index contributed by atoms with van der Waals surface area (Å²) in [6.07, 6.45) is -0.0826. The Hall–Kier alpha value is -2.27. The number of methoxy groups -OCH3 is 2. The zero-order valence-corrected chi connectivity index (χ0v) is 12.9. The van der Waals surface area contributed by atoms with Gasteiger partial charge in [0.15, 0.2) is 0 Å². The van der Waals surface area contributed by atoms with Crippen LogP contribution in [0.4, 0.5) is 10.1 Å². The molecular weight excluding hydrogens is 309 g/mol. The highest BCUT2D eigenvalue weighted by Crippen LogP contribution is 2.35. The monoisotopic (exact) mass is 323 g/mol. The average Bonchev–Trinajstić information content (AvgIpc) is 2.50. The molecule has 2 aromatic rings. The van der Waals surface area contributed by atoms with Gasteiger partial charge in [-0.25, -0.2) is 4.39 Å². The first-order valence-corrected chi connectivity index (χ1v) is 6.87.